The highest BCUT2D eigenvalue weighted by Gasteiger charge is 2.48. The van der Waals surface area contributed by atoms with Crippen molar-refractivity contribution < 1.29 is 4.79 Å². The molecule has 2 aliphatic heterocycles. The Morgan fingerprint density at radius 2 is 2.05 bits per heavy atom. The van der Waals surface area contributed by atoms with Gasteiger partial charge < -0.3 is 4.90 Å². The summed E-state index contributed by atoms with van der Waals surface area (Å²) >= 11 is 7.27. The van der Waals surface area contributed by atoms with E-state index in [1.54, 1.807) is 16.7 Å². The molecule has 2 atom stereocenters. The zero-order valence-corrected chi connectivity index (χ0v) is 12.6. The molecule has 2 fully saturated rings. The maximum absolute atomic E-state index is 12.4. The van der Waals surface area contributed by atoms with Gasteiger partial charge in [-0.15, -0.1) is 11.8 Å². The number of aryl methyl sites for hydroxylation is 1. The monoisotopic (exact) mass is 292 g/mol. The van der Waals surface area contributed by atoms with Crippen molar-refractivity contribution in [3.8, 4) is 0 Å². The average molecular weight is 292 g/mol. The lowest BCUT2D eigenvalue weighted by Crippen LogP contribution is -2.35. The number of fused-ring (bicyclic) bond motifs is 1. The number of hydrogen-bond donors (Lipinski definition) is 0. The van der Waals surface area contributed by atoms with Gasteiger partial charge in [-0.1, -0.05) is 29.8 Å². The van der Waals surface area contributed by atoms with Gasteiger partial charge in [0.15, 0.2) is 5.11 Å². The van der Waals surface area contributed by atoms with E-state index in [1.165, 1.54) is 5.56 Å². The number of benzene rings is 1. The number of nitrogens with zero attached hydrogens (tertiary/aromatic N) is 2. The van der Waals surface area contributed by atoms with Crippen molar-refractivity contribution in [3.05, 3.63) is 35.4 Å². The summed E-state index contributed by atoms with van der Waals surface area (Å²) in [6.45, 7) is 4.76. The SMILES string of the molecule is Cc1ccc(CN2C(=O)[C@@H]3CSC(C)N3C2=S)cc1. The number of thioether (sulfide) groups is 1. The molecule has 100 valence electrons. The zero-order valence-electron chi connectivity index (χ0n) is 11.0. The zero-order chi connectivity index (χ0) is 13.6. The summed E-state index contributed by atoms with van der Waals surface area (Å²) in [5.41, 5.74) is 2.35. The third-order valence-corrected chi connectivity index (χ3v) is 5.34. The second-order valence-corrected chi connectivity index (χ2v) is 6.76. The lowest BCUT2D eigenvalue weighted by molar-refractivity contribution is -0.127. The number of carbonyl (C=O) groups is 1. The van der Waals surface area contributed by atoms with Gasteiger partial charge in [0.1, 0.15) is 6.04 Å². The third-order valence-electron chi connectivity index (χ3n) is 3.69. The number of hydrogen-bond acceptors (Lipinski definition) is 3. The van der Waals surface area contributed by atoms with Crippen molar-refractivity contribution in [1.82, 2.24) is 9.80 Å². The first-order valence-electron chi connectivity index (χ1n) is 6.39. The molecule has 5 heteroatoms. The summed E-state index contributed by atoms with van der Waals surface area (Å²) in [6.07, 6.45) is 0. The van der Waals surface area contributed by atoms with E-state index < -0.39 is 0 Å². The van der Waals surface area contributed by atoms with Crippen molar-refractivity contribution in [3.63, 3.8) is 0 Å². The smallest absolute Gasteiger partial charge is 0.252 e. The molecule has 3 nitrogen and oxygen atoms in total. The summed E-state index contributed by atoms with van der Waals surface area (Å²) in [7, 11) is 0. The summed E-state index contributed by atoms with van der Waals surface area (Å²) in [5, 5.41) is 0.998. The summed E-state index contributed by atoms with van der Waals surface area (Å²) in [5.74, 6) is 1.01. The first-order chi connectivity index (χ1) is 9.08. The van der Waals surface area contributed by atoms with E-state index >= 15 is 0 Å². The minimum absolute atomic E-state index is 0.0436. The maximum atomic E-state index is 12.4. The van der Waals surface area contributed by atoms with E-state index in [0.717, 1.165) is 11.3 Å². The molecule has 2 saturated heterocycles. The second kappa shape index (κ2) is 4.80. The molecular weight excluding hydrogens is 276 g/mol. The molecule has 0 N–H and O–H groups in total. The second-order valence-electron chi connectivity index (χ2n) is 5.05. The molecule has 2 heterocycles. The van der Waals surface area contributed by atoms with Crippen molar-refractivity contribution in [2.24, 2.45) is 0 Å². The summed E-state index contributed by atoms with van der Waals surface area (Å²) in [6, 6.07) is 8.22. The minimum atomic E-state index is -0.0436. The lowest BCUT2D eigenvalue weighted by atomic mass is 10.1. The van der Waals surface area contributed by atoms with Crippen molar-refractivity contribution in [2.45, 2.75) is 31.8 Å². The molecule has 2 aliphatic rings. The van der Waals surface area contributed by atoms with Gasteiger partial charge in [0, 0.05) is 5.75 Å². The fraction of sp³-hybridized carbons (Fsp3) is 0.429. The van der Waals surface area contributed by atoms with Crippen LogP contribution in [0.5, 0.6) is 0 Å². The molecule has 0 aliphatic carbocycles. The Bertz CT molecular complexity index is 529. The highest BCUT2D eigenvalue weighted by atomic mass is 32.2. The Hall–Kier alpha value is -1.07. The maximum Gasteiger partial charge on any atom is 0.252 e. The third kappa shape index (κ3) is 2.15. The van der Waals surface area contributed by atoms with Crippen LogP contribution in [0.2, 0.25) is 0 Å². The summed E-state index contributed by atoms with van der Waals surface area (Å²) < 4.78 is 0. The molecule has 0 spiro atoms. The molecule has 0 aromatic heterocycles. The predicted octanol–water partition coefficient (Wildman–Crippen LogP) is 2.39. The first-order valence-corrected chi connectivity index (χ1v) is 7.84. The number of rotatable bonds is 2. The van der Waals surface area contributed by atoms with Crippen molar-refractivity contribution in [2.75, 3.05) is 5.75 Å². The van der Waals surface area contributed by atoms with Gasteiger partial charge in [-0.3, -0.25) is 9.69 Å². The van der Waals surface area contributed by atoms with Gasteiger partial charge in [-0.05, 0) is 31.6 Å². The highest BCUT2D eigenvalue weighted by Crippen LogP contribution is 2.35. The van der Waals surface area contributed by atoms with Gasteiger partial charge in [0.2, 0.25) is 0 Å². The lowest BCUT2D eigenvalue weighted by Gasteiger charge is -2.22. The predicted molar refractivity (Wildman–Crippen MR) is 81.9 cm³/mol. The van der Waals surface area contributed by atoms with E-state index in [-0.39, 0.29) is 11.9 Å². The normalized spacial score (nSPS) is 26.2. The van der Waals surface area contributed by atoms with Crippen LogP contribution in [0.4, 0.5) is 0 Å². The minimum Gasteiger partial charge on any atom is -0.324 e. The molecule has 1 amide bonds. The topological polar surface area (TPSA) is 23.6 Å². The van der Waals surface area contributed by atoms with Gasteiger partial charge in [0.05, 0.1) is 11.9 Å². The Morgan fingerprint density at radius 3 is 2.68 bits per heavy atom. The number of thiocarbonyl (C=S) groups is 1. The Balaban J connectivity index is 1.80. The van der Waals surface area contributed by atoms with Gasteiger partial charge >= 0.3 is 0 Å². The molecule has 1 unspecified atom stereocenters. The summed E-state index contributed by atoms with van der Waals surface area (Å²) in [4.78, 5) is 16.2. The van der Waals surface area contributed by atoms with E-state index in [4.69, 9.17) is 12.2 Å². The fourth-order valence-corrected chi connectivity index (χ4v) is 4.24. The quantitative estimate of drug-likeness (QED) is 0.781. The van der Waals surface area contributed by atoms with Crippen LogP contribution in [0.25, 0.3) is 0 Å². The molecule has 1 aromatic carbocycles. The van der Waals surface area contributed by atoms with Gasteiger partial charge in [0.25, 0.3) is 5.91 Å². The van der Waals surface area contributed by atoms with Crippen LogP contribution in [0.15, 0.2) is 24.3 Å². The van der Waals surface area contributed by atoms with E-state index in [1.807, 2.05) is 0 Å². The van der Waals surface area contributed by atoms with Crippen molar-refractivity contribution in [1.29, 1.82) is 0 Å². The van der Waals surface area contributed by atoms with Crippen LogP contribution in [0.3, 0.4) is 0 Å². The van der Waals surface area contributed by atoms with Gasteiger partial charge in [-0.25, -0.2) is 0 Å². The van der Waals surface area contributed by atoms with Crippen LogP contribution in [-0.2, 0) is 11.3 Å². The van der Waals surface area contributed by atoms with E-state index in [2.05, 4.69) is 43.0 Å². The Kier molecular flexibility index (Phi) is 3.27. The Labute approximate surface area is 123 Å². The molecule has 0 radical (unpaired) electrons. The van der Waals surface area contributed by atoms with Crippen LogP contribution in [-0.4, -0.2) is 38.0 Å². The molecule has 0 saturated carbocycles. The first kappa shape index (κ1) is 12.9. The number of carbonyl (C=O) groups excluding carboxylic acids is 1. The number of amides is 1. The van der Waals surface area contributed by atoms with E-state index in [0.29, 0.717) is 17.0 Å². The van der Waals surface area contributed by atoms with E-state index in [9.17, 15) is 4.79 Å². The van der Waals surface area contributed by atoms with Crippen LogP contribution in [0, 0.1) is 6.92 Å². The van der Waals surface area contributed by atoms with Crippen LogP contribution < -0.4 is 0 Å². The van der Waals surface area contributed by atoms with Crippen LogP contribution >= 0.6 is 24.0 Å². The average Bonchev–Trinajstić information content (AvgIpc) is 2.88. The van der Waals surface area contributed by atoms with Gasteiger partial charge in [-0.2, -0.15) is 0 Å². The van der Waals surface area contributed by atoms with Crippen LogP contribution in [0.1, 0.15) is 18.1 Å². The Morgan fingerprint density at radius 1 is 1.37 bits per heavy atom. The fourth-order valence-electron chi connectivity index (χ4n) is 2.56. The standard InChI is InChI=1S/C14H16N2OS2/c1-9-3-5-11(6-4-9)7-15-13(17)12-8-19-10(2)16(12)14(15)18/h3-6,10,12H,7-8H2,1-2H3/t10?,12-/m0/s1. The molecule has 1 aromatic rings. The van der Waals surface area contributed by atoms with Crippen molar-refractivity contribution >= 4 is 35.0 Å². The largest absolute Gasteiger partial charge is 0.324 e. The molecule has 0 bridgehead atoms. The molecule has 19 heavy (non-hydrogen) atoms. The molecular formula is C14H16N2OS2. The molecule has 3 rings (SSSR count). The highest BCUT2D eigenvalue weighted by molar-refractivity contribution is 8.00.